The molecular weight excluding hydrogens is 259 g/mol. The lowest BCUT2D eigenvalue weighted by Gasteiger charge is -2.20. The van der Waals surface area contributed by atoms with Crippen molar-refractivity contribution < 1.29 is 13.9 Å². The van der Waals surface area contributed by atoms with Crippen molar-refractivity contribution in [1.82, 2.24) is 0 Å². The second-order valence-electron chi connectivity index (χ2n) is 5.78. The first kappa shape index (κ1) is 16.3. The van der Waals surface area contributed by atoms with Crippen molar-refractivity contribution in [1.29, 1.82) is 0 Å². The number of nitrogens with one attached hydrogen (secondary N) is 2. The van der Waals surface area contributed by atoms with E-state index in [0.29, 0.717) is 11.4 Å². The number of anilines is 2. The molecule has 1 unspecified atom stereocenters. The fraction of sp³-hybridized carbons (Fsp3) is 0.533. The summed E-state index contributed by atoms with van der Waals surface area (Å²) in [6, 6.07) is 4.53. The van der Waals surface area contributed by atoms with Gasteiger partial charge in [0.1, 0.15) is 11.4 Å². The molecule has 0 bridgehead atoms. The molecular formula is C15H23FN2O2. The van der Waals surface area contributed by atoms with E-state index in [1.165, 1.54) is 12.1 Å². The normalized spacial score (nSPS) is 12.7. The van der Waals surface area contributed by atoms with E-state index >= 15 is 0 Å². The van der Waals surface area contributed by atoms with Gasteiger partial charge in [-0.3, -0.25) is 5.32 Å². The van der Waals surface area contributed by atoms with Crippen LogP contribution in [-0.2, 0) is 4.74 Å². The standard InChI is InChI=1S/C15H23FN2O2/c1-6-10(2)17-13-9-11(7-8-12(13)16)18-14(19)20-15(3,4)5/h7-10,17H,6H2,1-5H3,(H,18,19). The Morgan fingerprint density at radius 2 is 2.05 bits per heavy atom. The second kappa shape index (κ2) is 6.59. The van der Waals surface area contributed by atoms with E-state index in [2.05, 4.69) is 10.6 Å². The van der Waals surface area contributed by atoms with E-state index in [0.717, 1.165) is 6.42 Å². The van der Waals surface area contributed by atoms with E-state index in [1.54, 1.807) is 26.8 Å². The number of rotatable bonds is 4. The topological polar surface area (TPSA) is 50.4 Å². The second-order valence-corrected chi connectivity index (χ2v) is 5.78. The molecule has 1 aromatic carbocycles. The zero-order chi connectivity index (χ0) is 15.3. The van der Waals surface area contributed by atoms with E-state index in [1.807, 2.05) is 13.8 Å². The molecule has 1 atom stereocenters. The van der Waals surface area contributed by atoms with Gasteiger partial charge in [0.05, 0.1) is 5.69 Å². The number of amides is 1. The lowest BCUT2D eigenvalue weighted by Crippen LogP contribution is -2.27. The molecule has 0 spiro atoms. The predicted molar refractivity (Wildman–Crippen MR) is 79.6 cm³/mol. The van der Waals surface area contributed by atoms with Crippen molar-refractivity contribution in [3.05, 3.63) is 24.0 Å². The summed E-state index contributed by atoms with van der Waals surface area (Å²) in [6.45, 7) is 9.33. The highest BCUT2D eigenvalue weighted by molar-refractivity contribution is 5.85. The summed E-state index contributed by atoms with van der Waals surface area (Å²) in [7, 11) is 0. The molecule has 4 nitrogen and oxygen atoms in total. The van der Waals surface area contributed by atoms with Gasteiger partial charge >= 0.3 is 6.09 Å². The first-order valence-electron chi connectivity index (χ1n) is 6.77. The SMILES string of the molecule is CCC(C)Nc1cc(NC(=O)OC(C)(C)C)ccc1F. The molecule has 0 saturated carbocycles. The van der Waals surface area contributed by atoms with Crippen molar-refractivity contribution >= 4 is 17.5 Å². The van der Waals surface area contributed by atoms with E-state index in [4.69, 9.17) is 4.74 Å². The highest BCUT2D eigenvalue weighted by Crippen LogP contribution is 2.21. The van der Waals surface area contributed by atoms with Crippen LogP contribution in [0, 0.1) is 5.82 Å². The summed E-state index contributed by atoms with van der Waals surface area (Å²) < 4.78 is 18.8. The van der Waals surface area contributed by atoms with Crippen LogP contribution in [0.1, 0.15) is 41.0 Å². The molecule has 0 aliphatic carbocycles. The van der Waals surface area contributed by atoms with Crippen molar-refractivity contribution in [2.24, 2.45) is 0 Å². The Bertz CT molecular complexity index is 469. The predicted octanol–water partition coefficient (Wildman–Crippen LogP) is 4.38. The zero-order valence-electron chi connectivity index (χ0n) is 12.7. The Balaban J connectivity index is 2.77. The zero-order valence-corrected chi connectivity index (χ0v) is 12.7. The van der Waals surface area contributed by atoms with E-state index in [9.17, 15) is 9.18 Å². The van der Waals surface area contributed by atoms with Gasteiger partial charge in [-0.15, -0.1) is 0 Å². The first-order chi connectivity index (χ1) is 9.21. The molecule has 2 N–H and O–H groups in total. The van der Waals surface area contributed by atoms with Crippen molar-refractivity contribution in [2.75, 3.05) is 10.6 Å². The first-order valence-corrected chi connectivity index (χ1v) is 6.77. The van der Waals surface area contributed by atoms with Gasteiger partial charge in [0.15, 0.2) is 0 Å². The molecule has 0 saturated heterocycles. The fourth-order valence-corrected chi connectivity index (χ4v) is 1.50. The molecule has 0 aromatic heterocycles. The molecule has 1 amide bonds. The third-order valence-corrected chi connectivity index (χ3v) is 2.63. The van der Waals surface area contributed by atoms with E-state index < -0.39 is 11.7 Å². The number of ether oxygens (including phenoxy) is 1. The van der Waals surface area contributed by atoms with Crippen LogP contribution in [0.15, 0.2) is 18.2 Å². The fourth-order valence-electron chi connectivity index (χ4n) is 1.50. The van der Waals surface area contributed by atoms with Gasteiger partial charge in [-0.25, -0.2) is 9.18 Å². The van der Waals surface area contributed by atoms with Crippen LogP contribution in [0.4, 0.5) is 20.6 Å². The monoisotopic (exact) mass is 282 g/mol. The van der Waals surface area contributed by atoms with Crippen molar-refractivity contribution in [2.45, 2.75) is 52.7 Å². The molecule has 5 heteroatoms. The lowest BCUT2D eigenvalue weighted by atomic mass is 10.2. The minimum absolute atomic E-state index is 0.154. The van der Waals surface area contributed by atoms with Gasteiger partial charge in [-0.1, -0.05) is 6.92 Å². The molecule has 0 heterocycles. The average molecular weight is 282 g/mol. The average Bonchev–Trinajstić information content (AvgIpc) is 2.30. The molecule has 0 aliphatic heterocycles. The largest absolute Gasteiger partial charge is 0.444 e. The minimum atomic E-state index is -0.568. The summed E-state index contributed by atoms with van der Waals surface area (Å²) in [5.41, 5.74) is 0.293. The Morgan fingerprint density at radius 3 is 2.60 bits per heavy atom. The van der Waals surface area contributed by atoms with Gasteiger partial charge in [0.25, 0.3) is 0 Å². The number of hydrogen-bond acceptors (Lipinski definition) is 3. The summed E-state index contributed by atoms with van der Waals surface area (Å²) in [5, 5.41) is 5.64. The molecule has 0 radical (unpaired) electrons. The third-order valence-electron chi connectivity index (χ3n) is 2.63. The van der Waals surface area contributed by atoms with Crippen LogP contribution in [0.2, 0.25) is 0 Å². The number of halogens is 1. The number of benzene rings is 1. The Kier molecular flexibility index (Phi) is 5.36. The summed E-state index contributed by atoms with van der Waals surface area (Å²) in [4.78, 5) is 11.7. The number of hydrogen-bond donors (Lipinski definition) is 2. The highest BCUT2D eigenvalue weighted by atomic mass is 19.1. The van der Waals surface area contributed by atoms with Gasteiger partial charge < -0.3 is 10.1 Å². The Morgan fingerprint density at radius 1 is 1.40 bits per heavy atom. The molecule has 20 heavy (non-hydrogen) atoms. The Hall–Kier alpha value is -1.78. The highest BCUT2D eigenvalue weighted by Gasteiger charge is 2.16. The van der Waals surface area contributed by atoms with Crippen LogP contribution < -0.4 is 10.6 Å². The van der Waals surface area contributed by atoms with Gasteiger partial charge in [-0.2, -0.15) is 0 Å². The summed E-state index contributed by atoms with van der Waals surface area (Å²) >= 11 is 0. The maximum Gasteiger partial charge on any atom is 0.412 e. The van der Waals surface area contributed by atoms with Crippen LogP contribution in [0.3, 0.4) is 0 Å². The number of carbonyl (C=O) groups is 1. The van der Waals surface area contributed by atoms with Crippen molar-refractivity contribution in [3.63, 3.8) is 0 Å². The molecule has 0 fully saturated rings. The minimum Gasteiger partial charge on any atom is -0.444 e. The van der Waals surface area contributed by atoms with Crippen LogP contribution >= 0.6 is 0 Å². The van der Waals surface area contributed by atoms with Gasteiger partial charge in [0.2, 0.25) is 0 Å². The smallest absolute Gasteiger partial charge is 0.412 e. The molecule has 112 valence electrons. The lowest BCUT2D eigenvalue weighted by molar-refractivity contribution is 0.0636. The van der Waals surface area contributed by atoms with Gasteiger partial charge in [-0.05, 0) is 52.3 Å². The Labute approximate surface area is 119 Å². The summed E-state index contributed by atoms with van der Waals surface area (Å²) in [5.74, 6) is -0.347. The molecule has 0 aliphatic rings. The third kappa shape index (κ3) is 5.47. The molecule has 1 rings (SSSR count). The molecule has 1 aromatic rings. The van der Waals surface area contributed by atoms with Crippen LogP contribution in [0.25, 0.3) is 0 Å². The summed E-state index contributed by atoms with van der Waals surface area (Å²) in [6.07, 6.45) is 0.321. The number of carbonyl (C=O) groups excluding carboxylic acids is 1. The van der Waals surface area contributed by atoms with Gasteiger partial charge in [0, 0.05) is 11.7 Å². The van der Waals surface area contributed by atoms with E-state index in [-0.39, 0.29) is 11.9 Å². The maximum absolute atomic E-state index is 13.7. The van der Waals surface area contributed by atoms with Crippen LogP contribution in [-0.4, -0.2) is 17.7 Å². The maximum atomic E-state index is 13.7. The van der Waals surface area contributed by atoms with Crippen LogP contribution in [0.5, 0.6) is 0 Å². The quantitative estimate of drug-likeness (QED) is 0.861. The van der Waals surface area contributed by atoms with Crippen molar-refractivity contribution in [3.8, 4) is 0 Å².